The zero-order valence-electron chi connectivity index (χ0n) is 15.5. The number of aliphatic hydroxyl groups excluding tert-OH is 1. The number of hydrogen-bond donors (Lipinski definition) is 1. The van der Waals surface area contributed by atoms with Crippen LogP contribution in [0, 0.1) is 5.82 Å². The average molecular weight is 438 g/mol. The molecular formula is C21H18Cl2FNO4. The Morgan fingerprint density at radius 1 is 1.17 bits per heavy atom. The maximum absolute atomic E-state index is 13.4. The van der Waals surface area contributed by atoms with E-state index in [0.717, 1.165) is 0 Å². The summed E-state index contributed by atoms with van der Waals surface area (Å²) in [7, 11) is 0. The first-order valence-corrected chi connectivity index (χ1v) is 9.67. The van der Waals surface area contributed by atoms with Gasteiger partial charge in [0.1, 0.15) is 11.6 Å². The lowest BCUT2D eigenvalue weighted by Gasteiger charge is -2.36. The third-order valence-corrected chi connectivity index (χ3v) is 5.39. The summed E-state index contributed by atoms with van der Waals surface area (Å²) < 4.78 is 18.4. The summed E-state index contributed by atoms with van der Waals surface area (Å²) in [5.41, 5.74) is 0.993. The van der Waals surface area contributed by atoms with Gasteiger partial charge in [-0.1, -0.05) is 35.3 Å². The molecule has 0 saturated heterocycles. The molecule has 1 heterocycles. The van der Waals surface area contributed by atoms with Crippen LogP contribution in [0.3, 0.4) is 0 Å². The smallest absolute Gasteiger partial charge is 0.337 e. The molecule has 1 atom stereocenters. The molecule has 1 aliphatic heterocycles. The standard InChI is InChI=1S/C21H18Cl2FNO4/c1-2-29-21(28)15-10-18(12-3-6-14(24)7-4-12)25(11-19(15)26)20(27)13-5-8-16(22)17(23)9-13/h3-9,18,26H,2,10-11H2,1H3. The largest absolute Gasteiger partial charge is 0.510 e. The first-order chi connectivity index (χ1) is 13.8. The molecule has 0 bridgehead atoms. The Bertz CT molecular complexity index is 975. The molecule has 2 aromatic carbocycles. The molecule has 0 saturated carbocycles. The molecule has 0 aliphatic carbocycles. The lowest BCUT2D eigenvalue weighted by atomic mass is 9.92. The quantitative estimate of drug-likeness (QED) is 0.675. The number of benzene rings is 2. The van der Waals surface area contributed by atoms with E-state index in [4.69, 9.17) is 27.9 Å². The van der Waals surface area contributed by atoms with Crippen LogP contribution in [0.5, 0.6) is 0 Å². The Kier molecular flexibility index (Phi) is 6.45. The van der Waals surface area contributed by atoms with Crippen LogP contribution in [-0.4, -0.2) is 35.0 Å². The van der Waals surface area contributed by atoms with Crippen molar-refractivity contribution in [1.82, 2.24) is 4.90 Å². The summed E-state index contributed by atoms with van der Waals surface area (Å²) in [6.45, 7) is 1.62. The van der Waals surface area contributed by atoms with Gasteiger partial charge >= 0.3 is 5.97 Å². The fraction of sp³-hybridized carbons (Fsp3) is 0.238. The Hall–Kier alpha value is -2.57. The van der Waals surface area contributed by atoms with Gasteiger partial charge in [-0.15, -0.1) is 0 Å². The van der Waals surface area contributed by atoms with E-state index in [1.807, 2.05) is 0 Å². The van der Waals surface area contributed by atoms with Gasteiger partial charge in [-0.05, 0) is 42.8 Å². The number of aliphatic hydroxyl groups is 1. The fourth-order valence-corrected chi connectivity index (χ4v) is 3.50. The maximum atomic E-state index is 13.4. The number of rotatable bonds is 4. The van der Waals surface area contributed by atoms with Crippen LogP contribution >= 0.6 is 23.2 Å². The number of carbonyl (C=O) groups is 2. The lowest BCUT2D eigenvalue weighted by Crippen LogP contribution is -2.41. The summed E-state index contributed by atoms with van der Waals surface area (Å²) in [6.07, 6.45) is 0.0311. The molecule has 2 aromatic rings. The molecule has 0 aromatic heterocycles. The summed E-state index contributed by atoms with van der Waals surface area (Å²) in [5.74, 6) is -1.71. The van der Waals surface area contributed by atoms with E-state index >= 15 is 0 Å². The predicted octanol–water partition coefficient (Wildman–Crippen LogP) is 5.09. The van der Waals surface area contributed by atoms with Crippen LogP contribution in [-0.2, 0) is 9.53 Å². The number of carbonyl (C=O) groups excluding carboxylic acids is 2. The summed E-state index contributed by atoms with van der Waals surface area (Å²) in [6, 6.07) is 9.51. The summed E-state index contributed by atoms with van der Waals surface area (Å²) >= 11 is 12.0. The van der Waals surface area contributed by atoms with Crippen LogP contribution in [0.25, 0.3) is 0 Å². The van der Waals surface area contributed by atoms with Crippen LogP contribution in [0.1, 0.15) is 35.3 Å². The monoisotopic (exact) mass is 437 g/mol. The van der Waals surface area contributed by atoms with Crippen LogP contribution in [0.15, 0.2) is 53.8 Å². The normalized spacial score (nSPS) is 16.7. The number of ether oxygens (including phenoxy) is 1. The number of hydrogen-bond acceptors (Lipinski definition) is 4. The van der Waals surface area contributed by atoms with E-state index in [9.17, 15) is 19.1 Å². The second-order valence-corrected chi connectivity index (χ2v) is 7.29. The molecule has 29 heavy (non-hydrogen) atoms. The molecule has 5 nitrogen and oxygen atoms in total. The van der Waals surface area contributed by atoms with E-state index < -0.39 is 23.7 Å². The first kappa shape index (κ1) is 21.1. The number of halogens is 3. The SMILES string of the molecule is CCOC(=O)C1=C(O)CN(C(=O)c2ccc(Cl)c(Cl)c2)C(c2ccc(F)cc2)C1. The maximum Gasteiger partial charge on any atom is 0.337 e. The van der Waals surface area contributed by atoms with Crippen molar-refractivity contribution in [2.24, 2.45) is 0 Å². The summed E-state index contributed by atoms with van der Waals surface area (Å²) in [5, 5.41) is 10.9. The van der Waals surface area contributed by atoms with Gasteiger partial charge in [-0.3, -0.25) is 4.79 Å². The van der Waals surface area contributed by atoms with Gasteiger partial charge < -0.3 is 14.7 Å². The van der Waals surface area contributed by atoms with Gasteiger partial charge in [0.15, 0.2) is 0 Å². The van der Waals surface area contributed by atoms with Gasteiger partial charge in [0.25, 0.3) is 5.91 Å². The van der Waals surface area contributed by atoms with Crippen molar-refractivity contribution in [1.29, 1.82) is 0 Å². The van der Waals surface area contributed by atoms with Gasteiger partial charge in [-0.2, -0.15) is 0 Å². The van der Waals surface area contributed by atoms with Gasteiger partial charge in [-0.25, -0.2) is 9.18 Å². The minimum atomic E-state index is -0.640. The minimum absolute atomic E-state index is 0.0311. The third-order valence-electron chi connectivity index (χ3n) is 4.65. The first-order valence-electron chi connectivity index (χ1n) is 8.91. The van der Waals surface area contributed by atoms with Crippen molar-refractivity contribution in [2.75, 3.05) is 13.2 Å². The van der Waals surface area contributed by atoms with Crippen molar-refractivity contribution in [3.05, 3.63) is 80.8 Å². The molecule has 0 radical (unpaired) electrons. The van der Waals surface area contributed by atoms with Gasteiger partial charge in [0, 0.05) is 12.0 Å². The highest BCUT2D eigenvalue weighted by molar-refractivity contribution is 6.42. The van der Waals surface area contributed by atoms with Gasteiger partial charge in [0.2, 0.25) is 0 Å². The number of esters is 1. The average Bonchev–Trinajstić information content (AvgIpc) is 2.70. The molecular weight excluding hydrogens is 420 g/mol. The van der Waals surface area contributed by atoms with Crippen LogP contribution in [0.4, 0.5) is 4.39 Å². The highest BCUT2D eigenvalue weighted by atomic mass is 35.5. The third kappa shape index (κ3) is 4.54. The highest BCUT2D eigenvalue weighted by Gasteiger charge is 2.36. The van der Waals surface area contributed by atoms with E-state index in [1.165, 1.54) is 35.2 Å². The minimum Gasteiger partial charge on any atom is -0.510 e. The molecule has 1 aliphatic rings. The fourth-order valence-electron chi connectivity index (χ4n) is 3.20. The Labute approximate surface area is 177 Å². The topological polar surface area (TPSA) is 66.8 Å². The molecule has 1 unspecified atom stereocenters. The molecule has 1 amide bonds. The predicted molar refractivity (Wildman–Crippen MR) is 108 cm³/mol. The van der Waals surface area contributed by atoms with Crippen molar-refractivity contribution < 1.29 is 23.8 Å². The van der Waals surface area contributed by atoms with E-state index in [0.29, 0.717) is 10.6 Å². The van der Waals surface area contributed by atoms with Crippen molar-refractivity contribution in [3.8, 4) is 0 Å². The Balaban J connectivity index is 2.01. The second kappa shape index (κ2) is 8.84. The molecule has 152 valence electrons. The molecule has 1 N–H and O–H groups in total. The Morgan fingerprint density at radius 2 is 1.86 bits per heavy atom. The van der Waals surface area contributed by atoms with Crippen molar-refractivity contribution in [2.45, 2.75) is 19.4 Å². The Morgan fingerprint density at radius 3 is 2.48 bits per heavy atom. The zero-order chi connectivity index (χ0) is 21.1. The van der Waals surface area contributed by atoms with E-state index in [-0.39, 0.29) is 41.5 Å². The molecule has 0 fully saturated rings. The van der Waals surface area contributed by atoms with E-state index in [2.05, 4.69) is 0 Å². The highest BCUT2D eigenvalue weighted by Crippen LogP contribution is 2.36. The van der Waals surface area contributed by atoms with Crippen molar-refractivity contribution >= 4 is 35.1 Å². The lowest BCUT2D eigenvalue weighted by molar-refractivity contribution is -0.139. The molecule has 0 spiro atoms. The number of nitrogens with zero attached hydrogens (tertiary/aromatic N) is 1. The van der Waals surface area contributed by atoms with Crippen molar-refractivity contribution in [3.63, 3.8) is 0 Å². The number of amides is 1. The molecule has 3 rings (SSSR count). The van der Waals surface area contributed by atoms with Gasteiger partial charge in [0.05, 0.1) is 34.8 Å². The summed E-state index contributed by atoms with van der Waals surface area (Å²) in [4.78, 5) is 26.8. The van der Waals surface area contributed by atoms with Crippen LogP contribution in [0.2, 0.25) is 10.0 Å². The molecule has 8 heteroatoms. The van der Waals surface area contributed by atoms with Crippen LogP contribution < -0.4 is 0 Å². The van der Waals surface area contributed by atoms with E-state index in [1.54, 1.807) is 19.1 Å². The zero-order valence-corrected chi connectivity index (χ0v) is 17.0. The second-order valence-electron chi connectivity index (χ2n) is 6.48.